The molecule has 0 aliphatic rings. The van der Waals surface area contributed by atoms with E-state index in [9.17, 15) is 4.79 Å². The lowest BCUT2D eigenvalue weighted by atomic mass is 10.1. The first kappa shape index (κ1) is 17.6. The monoisotopic (exact) mass is 255 g/mol. The summed E-state index contributed by atoms with van der Waals surface area (Å²) in [5.74, 6) is 1.89. The van der Waals surface area contributed by atoms with E-state index in [0.29, 0.717) is 5.78 Å². The highest BCUT2D eigenvalue weighted by atomic mass is 16.1. The van der Waals surface area contributed by atoms with E-state index in [1.807, 2.05) is 0 Å². The predicted molar refractivity (Wildman–Crippen MR) is 79.9 cm³/mol. The molecule has 0 spiro atoms. The van der Waals surface area contributed by atoms with Crippen LogP contribution in [0.1, 0.15) is 66.7 Å². The second-order valence-corrected chi connectivity index (χ2v) is 6.37. The minimum atomic E-state index is 0.325. The van der Waals surface area contributed by atoms with Crippen LogP contribution in [0.5, 0.6) is 0 Å². The summed E-state index contributed by atoms with van der Waals surface area (Å²) in [5.41, 5.74) is 0. The van der Waals surface area contributed by atoms with E-state index < -0.39 is 0 Å². The molecule has 0 N–H and O–H groups in total. The van der Waals surface area contributed by atoms with Crippen LogP contribution in [0, 0.1) is 11.8 Å². The molecule has 0 rings (SSSR count). The normalized spacial score (nSPS) is 11.8. The van der Waals surface area contributed by atoms with Gasteiger partial charge in [0.25, 0.3) is 0 Å². The number of ketones is 1. The molecule has 18 heavy (non-hydrogen) atoms. The second-order valence-electron chi connectivity index (χ2n) is 6.37. The van der Waals surface area contributed by atoms with Crippen molar-refractivity contribution >= 4 is 5.78 Å². The van der Waals surface area contributed by atoms with Crippen LogP contribution < -0.4 is 0 Å². The molecule has 0 bridgehead atoms. The standard InChI is InChI=1S/C16H33NO/c1-14(2)9-12-17(13-10-15(3)4)11-7-6-8-16(5)18/h14-15H,6-13H2,1-5H3. The number of rotatable bonds is 11. The van der Waals surface area contributed by atoms with E-state index in [1.54, 1.807) is 6.92 Å². The van der Waals surface area contributed by atoms with Gasteiger partial charge in [-0.3, -0.25) is 0 Å². The Morgan fingerprint density at radius 2 is 1.39 bits per heavy atom. The van der Waals surface area contributed by atoms with Crippen LogP contribution in [0.4, 0.5) is 0 Å². The molecule has 0 saturated heterocycles. The van der Waals surface area contributed by atoms with E-state index in [1.165, 1.54) is 25.9 Å². The molecule has 0 unspecified atom stereocenters. The van der Waals surface area contributed by atoms with Crippen LogP contribution in [0.2, 0.25) is 0 Å². The zero-order valence-electron chi connectivity index (χ0n) is 13.2. The number of carbonyl (C=O) groups excluding carboxylic acids is 1. The van der Waals surface area contributed by atoms with Gasteiger partial charge in [0.15, 0.2) is 0 Å². The smallest absolute Gasteiger partial charge is 0.129 e. The van der Waals surface area contributed by atoms with Crippen molar-refractivity contribution in [3.8, 4) is 0 Å². The van der Waals surface area contributed by atoms with Gasteiger partial charge in [-0.25, -0.2) is 0 Å². The Hall–Kier alpha value is -0.370. The van der Waals surface area contributed by atoms with Crippen LogP contribution in [0.15, 0.2) is 0 Å². The molecule has 0 heterocycles. The molecule has 0 amide bonds. The maximum Gasteiger partial charge on any atom is 0.129 e. The Balaban J connectivity index is 3.84. The molecule has 0 aromatic rings. The second kappa shape index (κ2) is 10.5. The molecule has 0 aromatic heterocycles. The molecular formula is C16H33NO. The summed E-state index contributed by atoms with van der Waals surface area (Å²) in [5, 5.41) is 0. The minimum absolute atomic E-state index is 0.325. The SMILES string of the molecule is CC(=O)CCCCN(CCC(C)C)CCC(C)C. The fraction of sp³-hybridized carbons (Fsp3) is 0.938. The summed E-state index contributed by atoms with van der Waals surface area (Å²) in [4.78, 5) is 13.5. The van der Waals surface area contributed by atoms with Crippen molar-refractivity contribution in [2.24, 2.45) is 11.8 Å². The first-order chi connectivity index (χ1) is 8.41. The van der Waals surface area contributed by atoms with Gasteiger partial charge in [-0.15, -0.1) is 0 Å². The molecule has 0 fully saturated rings. The first-order valence-corrected chi connectivity index (χ1v) is 7.63. The molecule has 0 saturated carbocycles. The van der Waals surface area contributed by atoms with Crippen molar-refractivity contribution in [1.29, 1.82) is 0 Å². The zero-order valence-corrected chi connectivity index (χ0v) is 13.2. The van der Waals surface area contributed by atoms with Crippen LogP contribution >= 0.6 is 0 Å². The highest BCUT2D eigenvalue weighted by Gasteiger charge is 2.07. The lowest BCUT2D eigenvalue weighted by Gasteiger charge is -2.24. The number of unbranched alkanes of at least 4 members (excludes halogenated alkanes) is 1. The van der Waals surface area contributed by atoms with Crippen molar-refractivity contribution in [1.82, 2.24) is 4.90 Å². The summed E-state index contributed by atoms with van der Waals surface area (Å²) < 4.78 is 0. The van der Waals surface area contributed by atoms with E-state index in [2.05, 4.69) is 32.6 Å². The number of carbonyl (C=O) groups is 1. The van der Waals surface area contributed by atoms with E-state index in [4.69, 9.17) is 0 Å². The van der Waals surface area contributed by atoms with E-state index in [0.717, 1.165) is 37.6 Å². The van der Waals surface area contributed by atoms with Gasteiger partial charge in [-0.2, -0.15) is 0 Å². The number of nitrogens with zero attached hydrogens (tertiary/aromatic N) is 1. The average molecular weight is 255 g/mol. The van der Waals surface area contributed by atoms with Crippen molar-refractivity contribution < 1.29 is 4.79 Å². The maximum absolute atomic E-state index is 10.9. The summed E-state index contributed by atoms with van der Waals surface area (Å²) in [6.07, 6.45) is 5.53. The molecular weight excluding hydrogens is 222 g/mol. The molecule has 0 aliphatic heterocycles. The zero-order chi connectivity index (χ0) is 14.0. The third-order valence-electron chi connectivity index (χ3n) is 3.30. The van der Waals surface area contributed by atoms with Crippen molar-refractivity contribution in [2.75, 3.05) is 19.6 Å². The average Bonchev–Trinajstić information content (AvgIpc) is 2.25. The fourth-order valence-electron chi connectivity index (χ4n) is 1.93. The first-order valence-electron chi connectivity index (χ1n) is 7.63. The van der Waals surface area contributed by atoms with Gasteiger partial charge in [0.2, 0.25) is 0 Å². The van der Waals surface area contributed by atoms with Crippen LogP contribution in [-0.2, 0) is 4.79 Å². The van der Waals surface area contributed by atoms with E-state index in [-0.39, 0.29) is 0 Å². The Morgan fingerprint density at radius 3 is 1.78 bits per heavy atom. The largest absolute Gasteiger partial charge is 0.303 e. The van der Waals surface area contributed by atoms with Crippen LogP contribution in [0.25, 0.3) is 0 Å². The Labute approximate surface area is 114 Å². The highest BCUT2D eigenvalue weighted by Crippen LogP contribution is 2.08. The summed E-state index contributed by atoms with van der Waals surface area (Å²) >= 11 is 0. The Kier molecular flexibility index (Phi) is 10.3. The van der Waals surface area contributed by atoms with Crippen molar-refractivity contribution in [3.63, 3.8) is 0 Å². The van der Waals surface area contributed by atoms with Crippen LogP contribution in [0.3, 0.4) is 0 Å². The third-order valence-corrected chi connectivity index (χ3v) is 3.30. The molecule has 0 aromatic carbocycles. The van der Waals surface area contributed by atoms with Gasteiger partial charge in [0, 0.05) is 6.42 Å². The molecule has 0 radical (unpaired) electrons. The molecule has 0 atom stereocenters. The molecule has 108 valence electrons. The van der Waals surface area contributed by atoms with Gasteiger partial charge in [-0.05, 0) is 64.1 Å². The lowest BCUT2D eigenvalue weighted by Crippen LogP contribution is -2.29. The number of Topliss-reactive ketones (excluding diaryl/α,β-unsaturated/α-hetero) is 1. The Morgan fingerprint density at radius 1 is 0.889 bits per heavy atom. The third kappa shape index (κ3) is 12.1. The summed E-state index contributed by atoms with van der Waals surface area (Å²) in [7, 11) is 0. The summed E-state index contributed by atoms with van der Waals surface area (Å²) in [6, 6.07) is 0. The minimum Gasteiger partial charge on any atom is -0.303 e. The van der Waals surface area contributed by atoms with Gasteiger partial charge >= 0.3 is 0 Å². The van der Waals surface area contributed by atoms with Gasteiger partial charge in [0.1, 0.15) is 5.78 Å². The van der Waals surface area contributed by atoms with Gasteiger partial charge < -0.3 is 9.69 Å². The quantitative estimate of drug-likeness (QED) is 0.517. The topological polar surface area (TPSA) is 20.3 Å². The number of hydrogen-bond acceptors (Lipinski definition) is 2. The van der Waals surface area contributed by atoms with E-state index >= 15 is 0 Å². The number of hydrogen-bond donors (Lipinski definition) is 0. The lowest BCUT2D eigenvalue weighted by molar-refractivity contribution is -0.117. The highest BCUT2D eigenvalue weighted by molar-refractivity contribution is 5.75. The van der Waals surface area contributed by atoms with Crippen molar-refractivity contribution in [2.45, 2.75) is 66.7 Å². The summed E-state index contributed by atoms with van der Waals surface area (Å²) in [6.45, 7) is 14.4. The van der Waals surface area contributed by atoms with Crippen LogP contribution in [-0.4, -0.2) is 30.3 Å². The molecule has 2 nitrogen and oxygen atoms in total. The molecule has 0 aliphatic carbocycles. The molecule has 2 heteroatoms. The van der Waals surface area contributed by atoms with Crippen molar-refractivity contribution in [3.05, 3.63) is 0 Å². The van der Waals surface area contributed by atoms with Gasteiger partial charge in [0.05, 0.1) is 0 Å². The fourth-order valence-corrected chi connectivity index (χ4v) is 1.93. The van der Waals surface area contributed by atoms with Gasteiger partial charge in [-0.1, -0.05) is 27.7 Å². The predicted octanol–water partition coefficient (Wildman–Crippen LogP) is 4.14. The Bertz CT molecular complexity index is 199. The maximum atomic E-state index is 10.9.